The minimum absolute atomic E-state index is 0.305. The van der Waals surface area contributed by atoms with Crippen molar-refractivity contribution in [3.8, 4) is 0 Å². The van der Waals surface area contributed by atoms with Gasteiger partial charge < -0.3 is 9.07 Å². The van der Waals surface area contributed by atoms with Crippen LogP contribution in [0.4, 0.5) is 0 Å². The van der Waals surface area contributed by atoms with Gasteiger partial charge >= 0.3 is 19.3 Å². The Morgan fingerprint density at radius 3 is 2.67 bits per heavy atom. The minimum atomic E-state index is -0.305. The van der Waals surface area contributed by atoms with Gasteiger partial charge in [0, 0.05) is 0 Å². The summed E-state index contributed by atoms with van der Waals surface area (Å²) < 4.78 is 2.08. The SMILES string of the molecule is CCC=[CH][Mg][Cl]. The summed E-state index contributed by atoms with van der Waals surface area (Å²) >= 11 is -0.305. The Morgan fingerprint density at radius 2 is 2.50 bits per heavy atom. The second-order valence-electron chi connectivity index (χ2n) is 1.03. The van der Waals surface area contributed by atoms with Crippen molar-refractivity contribution in [2.75, 3.05) is 0 Å². The van der Waals surface area contributed by atoms with Crippen LogP contribution in [0.2, 0.25) is 0 Å². The van der Waals surface area contributed by atoms with E-state index in [9.17, 15) is 0 Å². The second kappa shape index (κ2) is 5.80. The first-order chi connectivity index (χ1) is 2.91. The van der Waals surface area contributed by atoms with Gasteiger partial charge in [0.15, 0.2) is 0 Å². The molecule has 0 unspecified atom stereocenters. The van der Waals surface area contributed by atoms with Gasteiger partial charge in [0.2, 0.25) is 0 Å². The van der Waals surface area contributed by atoms with Crippen LogP contribution in [-0.4, -0.2) is 19.3 Å². The Morgan fingerprint density at radius 1 is 1.83 bits per heavy atom. The molecule has 2 heteroatoms. The van der Waals surface area contributed by atoms with Crippen LogP contribution in [0, 0.1) is 0 Å². The lowest BCUT2D eigenvalue weighted by molar-refractivity contribution is 1.23. The summed E-state index contributed by atoms with van der Waals surface area (Å²) in [4.78, 5) is 0. The van der Waals surface area contributed by atoms with Crippen molar-refractivity contribution in [3.05, 3.63) is 10.3 Å². The summed E-state index contributed by atoms with van der Waals surface area (Å²) in [5.41, 5.74) is 0. The number of halogens is 1. The van der Waals surface area contributed by atoms with Crippen LogP contribution >= 0.6 is 9.07 Å². The van der Waals surface area contributed by atoms with E-state index in [1.165, 1.54) is 0 Å². The van der Waals surface area contributed by atoms with Crippen LogP contribution in [0.5, 0.6) is 0 Å². The Hall–Kier alpha value is 0.796. The first kappa shape index (κ1) is 6.80. The molecular formula is C4H7ClMg. The number of rotatable bonds is 2. The monoisotopic (exact) mass is 114 g/mol. The smallest absolute Gasteiger partial charge is 0.336 e. The fourth-order valence-corrected chi connectivity index (χ4v) is 1.07. The van der Waals surface area contributed by atoms with Gasteiger partial charge in [0.25, 0.3) is 0 Å². The van der Waals surface area contributed by atoms with Gasteiger partial charge in [-0.05, 0) is 6.42 Å². The molecule has 0 fully saturated rings. The summed E-state index contributed by atoms with van der Waals surface area (Å²) in [5, 5.41) is 0. The molecule has 0 aromatic heterocycles. The molecule has 0 nitrogen and oxygen atoms in total. The lowest BCUT2D eigenvalue weighted by atomic mass is 10.5. The molecule has 0 spiro atoms. The fraction of sp³-hybridized carbons (Fsp3) is 0.500. The maximum absolute atomic E-state index is 5.43. The molecule has 6 heavy (non-hydrogen) atoms. The molecule has 0 rings (SSSR count). The predicted octanol–water partition coefficient (Wildman–Crippen LogP) is 1.77. The quantitative estimate of drug-likeness (QED) is 0.481. The van der Waals surface area contributed by atoms with Crippen LogP contribution < -0.4 is 0 Å². The summed E-state index contributed by atoms with van der Waals surface area (Å²) in [6.07, 6.45) is 3.24. The van der Waals surface area contributed by atoms with Gasteiger partial charge in [-0.3, -0.25) is 0 Å². The Labute approximate surface area is 52.1 Å². The zero-order valence-corrected chi connectivity index (χ0v) is 6.12. The highest BCUT2D eigenvalue weighted by atomic mass is 35.5. The van der Waals surface area contributed by atoms with Crippen molar-refractivity contribution in [1.29, 1.82) is 0 Å². The molecule has 0 aromatic rings. The third-order valence-corrected chi connectivity index (χ3v) is 1.54. The van der Waals surface area contributed by atoms with E-state index in [1.807, 2.05) is 0 Å². The van der Waals surface area contributed by atoms with Gasteiger partial charge in [0.05, 0.1) is 0 Å². The highest BCUT2D eigenvalue weighted by Crippen LogP contribution is 1.77. The number of allylic oxidation sites excluding steroid dienone is 1. The third kappa shape index (κ3) is 4.80. The van der Waals surface area contributed by atoms with E-state index in [0.29, 0.717) is 0 Å². The van der Waals surface area contributed by atoms with Crippen LogP contribution in [0.15, 0.2) is 10.3 Å². The van der Waals surface area contributed by atoms with Gasteiger partial charge in [-0.2, -0.15) is 4.21 Å². The average molecular weight is 115 g/mol. The van der Waals surface area contributed by atoms with Gasteiger partial charge in [0.1, 0.15) is 0 Å². The minimum Gasteiger partial charge on any atom is -0.336 e. The molecule has 0 bridgehead atoms. The third-order valence-electron chi connectivity index (χ3n) is 0.491. The Kier molecular flexibility index (Phi) is 6.57. The lowest BCUT2D eigenvalue weighted by Gasteiger charge is -1.69. The van der Waals surface area contributed by atoms with E-state index >= 15 is 0 Å². The maximum atomic E-state index is 5.43. The normalized spacial score (nSPS) is 9.00. The van der Waals surface area contributed by atoms with E-state index in [0.717, 1.165) is 6.42 Å². The molecule has 0 radical (unpaired) electrons. The molecule has 0 atom stereocenters. The molecular weight excluding hydrogens is 108 g/mol. The zero-order valence-electron chi connectivity index (χ0n) is 3.95. The van der Waals surface area contributed by atoms with E-state index < -0.39 is 0 Å². The van der Waals surface area contributed by atoms with Crippen molar-refractivity contribution in [1.82, 2.24) is 0 Å². The number of hydrogen-bond donors (Lipinski definition) is 0. The molecule has 0 aromatic carbocycles. The first-order valence-electron chi connectivity index (χ1n) is 2.12. The summed E-state index contributed by atoms with van der Waals surface area (Å²) in [6, 6.07) is 0. The van der Waals surface area contributed by atoms with Crippen molar-refractivity contribution in [3.63, 3.8) is 0 Å². The molecule has 0 N–H and O–H groups in total. The fourth-order valence-electron chi connectivity index (χ4n) is 0.230. The second-order valence-corrected chi connectivity index (χ2v) is 2.74. The molecule has 0 aliphatic carbocycles. The maximum Gasteiger partial charge on any atom is 0.530 e. The van der Waals surface area contributed by atoms with Crippen molar-refractivity contribution >= 4 is 28.3 Å². The predicted molar refractivity (Wildman–Crippen MR) is 31.0 cm³/mol. The van der Waals surface area contributed by atoms with Crippen LogP contribution in [0.1, 0.15) is 13.3 Å². The van der Waals surface area contributed by atoms with Crippen molar-refractivity contribution in [2.24, 2.45) is 0 Å². The highest BCUT2D eigenvalue weighted by molar-refractivity contribution is 6.96. The first-order valence-corrected chi connectivity index (χ1v) is 5.08. The van der Waals surface area contributed by atoms with E-state index in [1.54, 1.807) is 0 Å². The summed E-state index contributed by atoms with van der Waals surface area (Å²) in [7, 11) is 5.43. The largest absolute Gasteiger partial charge is 0.530 e. The Bertz CT molecular complexity index is 36.8. The summed E-state index contributed by atoms with van der Waals surface area (Å²) in [6.45, 7) is 2.11. The van der Waals surface area contributed by atoms with Crippen LogP contribution in [0.25, 0.3) is 0 Å². The van der Waals surface area contributed by atoms with Crippen LogP contribution in [0.3, 0.4) is 0 Å². The van der Waals surface area contributed by atoms with Gasteiger partial charge in [-0.25, -0.2) is 0 Å². The highest BCUT2D eigenvalue weighted by Gasteiger charge is 1.73. The zero-order chi connectivity index (χ0) is 4.83. The topological polar surface area (TPSA) is 0 Å². The molecule has 0 aliphatic rings. The molecule has 32 valence electrons. The molecule has 0 aliphatic heterocycles. The molecule has 0 heterocycles. The van der Waals surface area contributed by atoms with E-state index in [2.05, 4.69) is 17.2 Å². The Balaban J connectivity index is 2.73. The lowest BCUT2D eigenvalue weighted by Crippen LogP contribution is -1.62. The van der Waals surface area contributed by atoms with Crippen LogP contribution in [-0.2, 0) is 0 Å². The molecule has 0 saturated heterocycles. The van der Waals surface area contributed by atoms with Gasteiger partial charge in [-0.1, -0.05) is 6.92 Å². The van der Waals surface area contributed by atoms with E-state index in [-0.39, 0.29) is 19.3 Å². The van der Waals surface area contributed by atoms with E-state index in [4.69, 9.17) is 9.07 Å². The summed E-state index contributed by atoms with van der Waals surface area (Å²) in [5.74, 6) is 0. The van der Waals surface area contributed by atoms with Crippen molar-refractivity contribution < 1.29 is 0 Å². The number of hydrogen-bond acceptors (Lipinski definition) is 0. The van der Waals surface area contributed by atoms with Gasteiger partial charge in [-0.15, -0.1) is 6.08 Å². The standard InChI is InChI=1S/C4H7.ClH.Mg/c1-3-4-2;;/h1,3H,4H2,2H3;1H;/q;;+1/p-1. The molecule has 0 amide bonds. The average Bonchev–Trinajstić information content (AvgIpc) is 1.61. The molecule has 0 saturated carbocycles. The van der Waals surface area contributed by atoms with Crippen molar-refractivity contribution in [2.45, 2.75) is 13.3 Å².